The summed E-state index contributed by atoms with van der Waals surface area (Å²) in [6.07, 6.45) is 1.60. The Morgan fingerprint density at radius 2 is 2.15 bits per heavy atom. The standard InChI is InChI=1S/C15H15N3O2/c1-2-16-14(19)10-18-12-7-4-3-6-11(12)17-15(18)13-8-5-9-20-13/h3-9H,2,10H2,1H3,(H,16,19). The molecule has 0 aliphatic carbocycles. The first-order valence-electron chi connectivity index (χ1n) is 6.55. The molecule has 0 fully saturated rings. The van der Waals surface area contributed by atoms with Gasteiger partial charge in [-0.05, 0) is 31.2 Å². The summed E-state index contributed by atoms with van der Waals surface area (Å²) in [4.78, 5) is 16.4. The number of rotatable bonds is 4. The van der Waals surface area contributed by atoms with Gasteiger partial charge in [-0.3, -0.25) is 4.79 Å². The molecule has 5 heteroatoms. The van der Waals surface area contributed by atoms with Gasteiger partial charge in [0.2, 0.25) is 5.91 Å². The predicted molar refractivity (Wildman–Crippen MR) is 76.1 cm³/mol. The average molecular weight is 269 g/mol. The van der Waals surface area contributed by atoms with Crippen molar-refractivity contribution in [2.24, 2.45) is 0 Å². The number of para-hydroxylation sites is 2. The summed E-state index contributed by atoms with van der Waals surface area (Å²) in [6, 6.07) is 11.4. The van der Waals surface area contributed by atoms with E-state index in [4.69, 9.17) is 4.42 Å². The lowest BCUT2D eigenvalue weighted by atomic mass is 10.3. The van der Waals surface area contributed by atoms with E-state index in [0.717, 1.165) is 11.0 Å². The molecule has 0 aliphatic rings. The third kappa shape index (κ3) is 2.18. The van der Waals surface area contributed by atoms with E-state index >= 15 is 0 Å². The number of furan rings is 1. The van der Waals surface area contributed by atoms with Crippen LogP contribution in [0.25, 0.3) is 22.6 Å². The quantitative estimate of drug-likeness (QED) is 0.791. The van der Waals surface area contributed by atoms with E-state index < -0.39 is 0 Å². The van der Waals surface area contributed by atoms with Crippen molar-refractivity contribution >= 4 is 16.9 Å². The van der Waals surface area contributed by atoms with Crippen molar-refractivity contribution < 1.29 is 9.21 Å². The average Bonchev–Trinajstić information content (AvgIpc) is 3.07. The van der Waals surface area contributed by atoms with E-state index in [9.17, 15) is 4.79 Å². The fourth-order valence-corrected chi connectivity index (χ4v) is 2.23. The van der Waals surface area contributed by atoms with Gasteiger partial charge >= 0.3 is 0 Å². The first-order chi connectivity index (χ1) is 9.79. The van der Waals surface area contributed by atoms with Crippen LogP contribution in [-0.4, -0.2) is 22.0 Å². The smallest absolute Gasteiger partial charge is 0.240 e. The number of aromatic nitrogens is 2. The van der Waals surface area contributed by atoms with Crippen LogP contribution in [0.4, 0.5) is 0 Å². The highest BCUT2D eigenvalue weighted by Crippen LogP contribution is 2.24. The fourth-order valence-electron chi connectivity index (χ4n) is 2.23. The minimum Gasteiger partial charge on any atom is -0.461 e. The third-order valence-corrected chi connectivity index (χ3v) is 3.07. The minimum atomic E-state index is -0.0385. The molecule has 0 bridgehead atoms. The van der Waals surface area contributed by atoms with Gasteiger partial charge in [0, 0.05) is 6.54 Å². The summed E-state index contributed by atoms with van der Waals surface area (Å²) < 4.78 is 7.29. The molecule has 1 amide bonds. The SMILES string of the molecule is CCNC(=O)Cn1c(-c2ccco2)nc2ccccc21. The molecule has 0 radical (unpaired) electrons. The highest BCUT2D eigenvalue weighted by Gasteiger charge is 2.16. The van der Waals surface area contributed by atoms with Crippen LogP contribution in [0.15, 0.2) is 47.1 Å². The summed E-state index contributed by atoms with van der Waals surface area (Å²) in [5.41, 5.74) is 1.77. The second kappa shape index (κ2) is 5.21. The molecule has 1 N–H and O–H groups in total. The lowest BCUT2D eigenvalue weighted by molar-refractivity contribution is -0.121. The maximum absolute atomic E-state index is 11.9. The van der Waals surface area contributed by atoms with Crippen LogP contribution in [0.3, 0.4) is 0 Å². The van der Waals surface area contributed by atoms with Gasteiger partial charge in [-0.15, -0.1) is 0 Å². The molecule has 5 nitrogen and oxygen atoms in total. The number of carbonyl (C=O) groups is 1. The molecule has 2 aromatic heterocycles. The number of nitrogens with zero attached hydrogens (tertiary/aromatic N) is 2. The first kappa shape index (κ1) is 12.5. The largest absolute Gasteiger partial charge is 0.461 e. The zero-order valence-electron chi connectivity index (χ0n) is 11.2. The Bertz CT molecular complexity index is 729. The molecule has 3 aromatic rings. The molecule has 102 valence electrons. The number of amides is 1. The monoisotopic (exact) mass is 269 g/mol. The van der Waals surface area contributed by atoms with Crippen molar-refractivity contribution in [2.45, 2.75) is 13.5 Å². The number of benzene rings is 1. The van der Waals surface area contributed by atoms with Crippen LogP contribution in [0.1, 0.15) is 6.92 Å². The molecule has 0 aliphatic heterocycles. The lowest BCUT2D eigenvalue weighted by Crippen LogP contribution is -2.27. The van der Waals surface area contributed by atoms with E-state index in [1.54, 1.807) is 6.26 Å². The van der Waals surface area contributed by atoms with E-state index in [1.165, 1.54) is 0 Å². The summed E-state index contributed by atoms with van der Waals surface area (Å²) in [6.45, 7) is 2.74. The number of nitrogens with one attached hydrogen (secondary N) is 1. The van der Waals surface area contributed by atoms with Gasteiger partial charge in [-0.2, -0.15) is 0 Å². The molecule has 1 aromatic carbocycles. The molecule has 2 heterocycles. The fraction of sp³-hybridized carbons (Fsp3) is 0.200. The Balaban J connectivity index is 2.11. The van der Waals surface area contributed by atoms with Crippen LogP contribution in [0, 0.1) is 0 Å². The third-order valence-electron chi connectivity index (χ3n) is 3.07. The van der Waals surface area contributed by atoms with Gasteiger partial charge in [-0.25, -0.2) is 4.98 Å². The number of hydrogen-bond acceptors (Lipinski definition) is 3. The normalized spacial score (nSPS) is 10.8. The molecule has 0 saturated carbocycles. The van der Waals surface area contributed by atoms with E-state index in [1.807, 2.05) is 47.9 Å². The highest BCUT2D eigenvalue weighted by atomic mass is 16.3. The van der Waals surface area contributed by atoms with Crippen molar-refractivity contribution in [3.05, 3.63) is 42.7 Å². The number of carbonyl (C=O) groups excluding carboxylic acids is 1. The van der Waals surface area contributed by atoms with E-state index in [0.29, 0.717) is 18.1 Å². The van der Waals surface area contributed by atoms with Crippen molar-refractivity contribution in [1.29, 1.82) is 0 Å². The van der Waals surface area contributed by atoms with Gasteiger partial charge in [0.25, 0.3) is 0 Å². The van der Waals surface area contributed by atoms with Gasteiger partial charge in [0.1, 0.15) is 6.54 Å². The molecule has 0 spiro atoms. The van der Waals surface area contributed by atoms with Crippen LogP contribution >= 0.6 is 0 Å². The molecule has 0 unspecified atom stereocenters. The summed E-state index contributed by atoms with van der Waals surface area (Å²) >= 11 is 0. The van der Waals surface area contributed by atoms with Crippen LogP contribution in [0.2, 0.25) is 0 Å². The molecule has 3 rings (SSSR count). The minimum absolute atomic E-state index is 0.0385. The van der Waals surface area contributed by atoms with E-state index in [-0.39, 0.29) is 12.5 Å². The first-order valence-corrected chi connectivity index (χ1v) is 6.55. The molecule has 20 heavy (non-hydrogen) atoms. The number of imidazole rings is 1. The maximum Gasteiger partial charge on any atom is 0.240 e. The summed E-state index contributed by atoms with van der Waals surface area (Å²) in [5, 5.41) is 2.80. The summed E-state index contributed by atoms with van der Waals surface area (Å²) in [7, 11) is 0. The summed E-state index contributed by atoms with van der Waals surface area (Å²) in [5.74, 6) is 1.29. The number of fused-ring (bicyclic) bond motifs is 1. The Morgan fingerprint density at radius 1 is 1.30 bits per heavy atom. The predicted octanol–water partition coefficient (Wildman–Crippen LogP) is 2.43. The highest BCUT2D eigenvalue weighted by molar-refractivity contribution is 5.83. The second-order valence-electron chi connectivity index (χ2n) is 4.44. The molecular formula is C15H15N3O2. The van der Waals surface area contributed by atoms with Gasteiger partial charge in [0.15, 0.2) is 11.6 Å². The zero-order chi connectivity index (χ0) is 13.9. The molecule has 0 atom stereocenters. The van der Waals surface area contributed by atoms with Crippen molar-refractivity contribution in [3.63, 3.8) is 0 Å². The number of hydrogen-bond donors (Lipinski definition) is 1. The van der Waals surface area contributed by atoms with Crippen molar-refractivity contribution in [2.75, 3.05) is 6.54 Å². The van der Waals surface area contributed by atoms with E-state index in [2.05, 4.69) is 10.3 Å². The van der Waals surface area contributed by atoms with Gasteiger partial charge in [0.05, 0.1) is 17.3 Å². The number of likely N-dealkylation sites (N-methyl/N-ethyl adjacent to an activating group) is 1. The maximum atomic E-state index is 11.9. The molecule has 0 saturated heterocycles. The van der Waals surface area contributed by atoms with Crippen molar-refractivity contribution in [3.8, 4) is 11.6 Å². The van der Waals surface area contributed by atoms with Crippen LogP contribution in [0.5, 0.6) is 0 Å². The Hall–Kier alpha value is -2.56. The zero-order valence-corrected chi connectivity index (χ0v) is 11.2. The Labute approximate surface area is 116 Å². The van der Waals surface area contributed by atoms with Crippen molar-refractivity contribution in [1.82, 2.24) is 14.9 Å². The second-order valence-corrected chi connectivity index (χ2v) is 4.44. The van der Waals surface area contributed by atoms with Gasteiger partial charge < -0.3 is 14.3 Å². The van der Waals surface area contributed by atoms with Crippen LogP contribution in [-0.2, 0) is 11.3 Å². The molecular weight excluding hydrogens is 254 g/mol. The van der Waals surface area contributed by atoms with Crippen LogP contribution < -0.4 is 5.32 Å². The van der Waals surface area contributed by atoms with Gasteiger partial charge in [-0.1, -0.05) is 12.1 Å². The lowest BCUT2D eigenvalue weighted by Gasteiger charge is -2.07. The Kier molecular flexibility index (Phi) is 3.25. The Morgan fingerprint density at radius 3 is 2.90 bits per heavy atom. The topological polar surface area (TPSA) is 60.1 Å².